The second kappa shape index (κ2) is 6.30. The van der Waals surface area contributed by atoms with Gasteiger partial charge in [0.2, 0.25) is 0 Å². The lowest BCUT2D eigenvalue weighted by atomic mass is 10.1. The van der Waals surface area contributed by atoms with E-state index in [0.717, 1.165) is 24.5 Å². The smallest absolute Gasteiger partial charge is 0.177 e. The van der Waals surface area contributed by atoms with Crippen LogP contribution in [0.15, 0.2) is 52.3 Å². The topological polar surface area (TPSA) is 80.3 Å². The van der Waals surface area contributed by atoms with Crippen molar-refractivity contribution in [2.75, 3.05) is 17.8 Å². The summed E-state index contributed by atoms with van der Waals surface area (Å²) in [5, 5.41) is 3.88. The molecule has 0 aliphatic heterocycles. The van der Waals surface area contributed by atoms with Crippen LogP contribution in [0.2, 0.25) is 5.02 Å². The van der Waals surface area contributed by atoms with Crippen LogP contribution in [0.4, 0.5) is 5.69 Å². The van der Waals surface area contributed by atoms with Gasteiger partial charge in [0.05, 0.1) is 15.5 Å². The Bertz CT molecular complexity index is 1030. The van der Waals surface area contributed by atoms with Crippen molar-refractivity contribution >= 4 is 37.0 Å². The zero-order valence-electron chi connectivity index (χ0n) is 13.7. The highest BCUT2D eigenvalue weighted by atomic mass is 35.5. The molecule has 134 valence electrons. The summed E-state index contributed by atoms with van der Waals surface area (Å²) in [7, 11) is -7.05. The first-order valence-electron chi connectivity index (χ1n) is 7.62. The van der Waals surface area contributed by atoms with E-state index in [-0.39, 0.29) is 21.8 Å². The molecule has 2 atom stereocenters. The molecule has 0 saturated heterocycles. The molecule has 2 unspecified atom stereocenters. The molecule has 1 fully saturated rings. The largest absolute Gasteiger partial charge is 0.381 e. The number of rotatable bonds is 5. The number of benzene rings is 2. The van der Waals surface area contributed by atoms with E-state index in [4.69, 9.17) is 11.6 Å². The van der Waals surface area contributed by atoms with Crippen molar-refractivity contribution in [1.82, 2.24) is 0 Å². The average Bonchev–Trinajstić information content (AvgIpc) is 3.24. The van der Waals surface area contributed by atoms with Crippen molar-refractivity contribution in [1.29, 1.82) is 0 Å². The highest BCUT2D eigenvalue weighted by Crippen LogP contribution is 2.44. The zero-order chi connectivity index (χ0) is 18.4. The average molecular weight is 400 g/mol. The summed E-state index contributed by atoms with van der Waals surface area (Å²) >= 11 is 6.01. The summed E-state index contributed by atoms with van der Waals surface area (Å²) in [4.78, 5) is -0.0205. The molecule has 0 heterocycles. The first-order chi connectivity index (χ1) is 11.6. The zero-order valence-corrected chi connectivity index (χ0v) is 16.1. The van der Waals surface area contributed by atoms with Crippen molar-refractivity contribution in [2.45, 2.75) is 28.2 Å². The van der Waals surface area contributed by atoms with Gasteiger partial charge in [-0.1, -0.05) is 23.7 Å². The maximum Gasteiger partial charge on any atom is 0.177 e. The van der Waals surface area contributed by atoms with Crippen molar-refractivity contribution in [2.24, 2.45) is 0 Å². The standard InChI is InChI=1S/C17H18ClNO4S2/c1-24(20,21)13-6-7-15(17(9-13)25(2,22)23)19-16-10-14(16)11-4-3-5-12(18)8-11/h3-9,14,16,19H,10H2,1-2H3. The highest BCUT2D eigenvalue weighted by molar-refractivity contribution is 7.91. The Hall–Kier alpha value is -1.57. The quantitative estimate of drug-likeness (QED) is 0.835. The summed E-state index contributed by atoms with van der Waals surface area (Å²) in [6, 6.07) is 11.8. The molecule has 0 bridgehead atoms. The molecular formula is C17H18ClNO4S2. The first kappa shape index (κ1) is 18.2. The molecule has 0 aromatic heterocycles. The van der Waals surface area contributed by atoms with E-state index >= 15 is 0 Å². The Morgan fingerprint density at radius 1 is 1.00 bits per heavy atom. The van der Waals surface area contributed by atoms with E-state index in [1.807, 2.05) is 24.3 Å². The number of sulfone groups is 2. The fourth-order valence-electron chi connectivity index (χ4n) is 2.82. The highest BCUT2D eigenvalue weighted by Gasteiger charge is 2.39. The van der Waals surface area contributed by atoms with Crippen LogP contribution in [0, 0.1) is 0 Å². The molecule has 1 aliphatic rings. The Balaban J connectivity index is 1.89. The Morgan fingerprint density at radius 3 is 2.32 bits per heavy atom. The van der Waals surface area contributed by atoms with Crippen molar-refractivity contribution in [3.05, 3.63) is 53.1 Å². The maximum absolute atomic E-state index is 12.1. The van der Waals surface area contributed by atoms with Crippen LogP contribution in [-0.2, 0) is 19.7 Å². The third-order valence-corrected chi connectivity index (χ3v) is 6.67. The third-order valence-electron chi connectivity index (χ3n) is 4.19. The molecule has 2 aromatic carbocycles. The first-order valence-corrected chi connectivity index (χ1v) is 11.8. The lowest BCUT2D eigenvalue weighted by Gasteiger charge is -2.12. The molecule has 0 radical (unpaired) electrons. The van der Waals surface area contributed by atoms with Gasteiger partial charge in [-0.3, -0.25) is 0 Å². The lowest BCUT2D eigenvalue weighted by Crippen LogP contribution is -2.10. The molecule has 1 aliphatic carbocycles. The van der Waals surface area contributed by atoms with Gasteiger partial charge in [0, 0.05) is 29.5 Å². The molecular weight excluding hydrogens is 382 g/mol. The van der Waals surface area contributed by atoms with Crippen LogP contribution in [0.1, 0.15) is 17.9 Å². The fraction of sp³-hybridized carbons (Fsp3) is 0.294. The van der Waals surface area contributed by atoms with Crippen LogP contribution in [0.5, 0.6) is 0 Å². The summed E-state index contributed by atoms with van der Waals surface area (Å²) in [5.41, 5.74) is 1.52. The van der Waals surface area contributed by atoms with Crippen LogP contribution < -0.4 is 5.32 Å². The van der Waals surface area contributed by atoms with Crippen LogP contribution in [0.25, 0.3) is 0 Å². The van der Waals surface area contributed by atoms with Crippen LogP contribution >= 0.6 is 11.6 Å². The molecule has 2 aromatic rings. The minimum Gasteiger partial charge on any atom is -0.381 e. The summed E-state index contributed by atoms with van der Waals surface area (Å²) < 4.78 is 47.6. The molecule has 8 heteroatoms. The van der Waals surface area contributed by atoms with Crippen LogP contribution in [0.3, 0.4) is 0 Å². The SMILES string of the molecule is CS(=O)(=O)c1ccc(NC2CC2c2cccc(Cl)c2)c(S(C)(=O)=O)c1. The minimum absolute atomic E-state index is 0.00725. The number of halogens is 1. The van der Waals surface area contributed by atoms with Gasteiger partial charge in [0.25, 0.3) is 0 Å². The third kappa shape index (κ3) is 4.16. The minimum atomic E-state index is -3.57. The van der Waals surface area contributed by atoms with E-state index in [1.165, 1.54) is 18.2 Å². The summed E-state index contributed by atoms with van der Waals surface area (Å²) in [6.07, 6.45) is 2.98. The van der Waals surface area contributed by atoms with Crippen molar-refractivity contribution in [3.8, 4) is 0 Å². The Labute approximate surface area is 152 Å². The predicted molar refractivity (Wildman–Crippen MR) is 98.9 cm³/mol. The van der Waals surface area contributed by atoms with Gasteiger partial charge >= 0.3 is 0 Å². The number of anilines is 1. The van der Waals surface area contributed by atoms with Gasteiger partial charge in [-0.25, -0.2) is 16.8 Å². The van der Waals surface area contributed by atoms with Gasteiger partial charge in [-0.05, 0) is 42.3 Å². The summed E-state index contributed by atoms with van der Waals surface area (Å²) in [6.45, 7) is 0. The molecule has 25 heavy (non-hydrogen) atoms. The molecule has 1 saturated carbocycles. The Morgan fingerprint density at radius 2 is 1.72 bits per heavy atom. The Kier molecular flexibility index (Phi) is 4.59. The van der Waals surface area contributed by atoms with E-state index in [9.17, 15) is 16.8 Å². The molecule has 0 amide bonds. The molecule has 5 nitrogen and oxygen atoms in total. The van der Waals surface area contributed by atoms with E-state index in [2.05, 4.69) is 5.32 Å². The van der Waals surface area contributed by atoms with Gasteiger partial charge < -0.3 is 5.32 Å². The van der Waals surface area contributed by atoms with Crippen molar-refractivity contribution < 1.29 is 16.8 Å². The monoisotopic (exact) mass is 399 g/mol. The van der Waals surface area contributed by atoms with Crippen LogP contribution in [-0.4, -0.2) is 35.4 Å². The molecule has 1 N–H and O–H groups in total. The van der Waals surface area contributed by atoms with Gasteiger partial charge in [0.15, 0.2) is 19.7 Å². The van der Waals surface area contributed by atoms with E-state index in [1.54, 1.807) is 0 Å². The maximum atomic E-state index is 12.1. The van der Waals surface area contributed by atoms with Gasteiger partial charge in [-0.15, -0.1) is 0 Å². The van der Waals surface area contributed by atoms with Gasteiger partial charge in [0.1, 0.15) is 0 Å². The molecule has 0 spiro atoms. The number of hydrogen-bond acceptors (Lipinski definition) is 5. The predicted octanol–water partition coefficient (Wildman–Crippen LogP) is 3.12. The normalized spacial score (nSPS) is 20.3. The van der Waals surface area contributed by atoms with Crippen molar-refractivity contribution in [3.63, 3.8) is 0 Å². The van der Waals surface area contributed by atoms with E-state index in [0.29, 0.717) is 10.7 Å². The fourth-order valence-corrected chi connectivity index (χ4v) is 4.61. The summed E-state index contributed by atoms with van der Waals surface area (Å²) in [5.74, 6) is 0.251. The second-order valence-electron chi connectivity index (χ2n) is 6.35. The molecule has 3 rings (SSSR count). The second-order valence-corrected chi connectivity index (χ2v) is 10.8. The lowest BCUT2D eigenvalue weighted by molar-refractivity contribution is 0.600. The van der Waals surface area contributed by atoms with E-state index < -0.39 is 19.7 Å². The number of nitrogens with one attached hydrogen (secondary N) is 1. The van der Waals surface area contributed by atoms with Gasteiger partial charge in [-0.2, -0.15) is 0 Å². The number of hydrogen-bond donors (Lipinski definition) is 1.